The van der Waals surface area contributed by atoms with Crippen LogP contribution in [0.15, 0.2) is 6.07 Å². The maximum atomic E-state index is 11.9. The standard InChI is InChI=1S/C17H25N5O3S/c23-17(19-14-5-6-26(24,25)11-14)18-8-12-9-22(10-12)16-7-13-3-1-2-4-15(13)20-21-16/h7,12,14H,1-6,8-11H2,(H2,18,19,23). The first kappa shape index (κ1) is 17.5. The van der Waals surface area contributed by atoms with Gasteiger partial charge >= 0.3 is 6.03 Å². The number of hydrogen-bond acceptors (Lipinski definition) is 6. The van der Waals surface area contributed by atoms with Crippen LogP contribution in [0.3, 0.4) is 0 Å². The zero-order chi connectivity index (χ0) is 18.1. The summed E-state index contributed by atoms with van der Waals surface area (Å²) in [6, 6.07) is 1.63. The van der Waals surface area contributed by atoms with E-state index in [2.05, 4.69) is 31.8 Å². The summed E-state index contributed by atoms with van der Waals surface area (Å²) in [7, 11) is -2.97. The van der Waals surface area contributed by atoms with Crippen LogP contribution >= 0.6 is 0 Å². The minimum atomic E-state index is -2.97. The minimum absolute atomic E-state index is 0.0502. The fourth-order valence-electron chi connectivity index (χ4n) is 3.90. The first-order chi connectivity index (χ1) is 12.5. The highest BCUT2D eigenvalue weighted by Crippen LogP contribution is 2.26. The number of nitrogens with one attached hydrogen (secondary N) is 2. The van der Waals surface area contributed by atoms with Crippen LogP contribution in [0.1, 0.15) is 30.5 Å². The van der Waals surface area contributed by atoms with Gasteiger partial charge < -0.3 is 15.5 Å². The van der Waals surface area contributed by atoms with Crippen LogP contribution < -0.4 is 15.5 Å². The number of amides is 2. The van der Waals surface area contributed by atoms with Crippen molar-refractivity contribution in [1.29, 1.82) is 0 Å². The van der Waals surface area contributed by atoms with Crippen molar-refractivity contribution in [3.63, 3.8) is 0 Å². The number of nitrogens with zero attached hydrogens (tertiary/aromatic N) is 3. The van der Waals surface area contributed by atoms with Crippen LogP contribution in [0.2, 0.25) is 0 Å². The SMILES string of the molecule is O=C(NCC1CN(c2cc3c(nn2)CCCC3)C1)NC1CCS(=O)(=O)C1. The number of carbonyl (C=O) groups excluding carboxylic acids is 1. The van der Waals surface area contributed by atoms with E-state index in [1.165, 1.54) is 18.4 Å². The molecule has 0 saturated carbocycles. The van der Waals surface area contributed by atoms with Crippen LogP contribution in [0.4, 0.5) is 10.6 Å². The molecule has 0 radical (unpaired) electrons. The van der Waals surface area contributed by atoms with Crippen LogP contribution in [0.25, 0.3) is 0 Å². The highest BCUT2D eigenvalue weighted by molar-refractivity contribution is 7.91. The van der Waals surface area contributed by atoms with Gasteiger partial charge in [-0.05, 0) is 43.7 Å². The van der Waals surface area contributed by atoms with E-state index in [4.69, 9.17) is 0 Å². The number of aromatic nitrogens is 2. The molecule has 2 amide bonds. The first-order valence-electron chi connectivity index (χ1n) is 9.34. The largest absolute Gasteiger partial charge is 0.354 e. The Morgan fingerprint density at radius 3 is 2.81 bits per heavy atom. The fourth-order valence-corrected chi connectivity index (χ4v) is 5.57. The highest BCUT2D eigenvalue weighted by atomic mass is 32.2. The molecule has 0 bridgehead atoms. The predicted octanol–water partition coefficient (Wildman–Crippen LogP) is 0.278. The smallest absolute Gasteiger partial charge is 0.315 e. The summed E-state index contributed by atoms with van der Waals surface area (Å²) in [4.78, 5) is 14.1. The van der Waals surface area contributed by atoms with Gasteiger partial charge in [-0.3, -0.25) is 0 Å². The molecular weight excluding hydrogens is 354 g/mol. The second kappa shape index (κ2) is 7.02. The van der Waals surface area contributed by atoms with Gasteiger partial charge in [-0.1, -0.05) is 0 Å². The van der Waals surface area contributed by atoms with Gasteiger partial charge in [0.1, 0.15) is 0 Å². The highest BCUT2D eigenvalue weighted by Gasteiger charge is 2.31. The molecule has 9 heteroatoms. The Morgan fingerprint density at radius 2 is 2.04 bits per heavy atom. The number of rotatable bonds is 4. The number of urea groups is 1. The first-order valence-corrected chi connectivity index (χ1v) is 11.2. The summed E-state index contributed by atoms with van der Waals surface area (Å²) in [6.45, 7) is 2.29. The van der Waals surface area contributed by atoms with Gasteiger partial charge in [-0.2, -0.15) is 5.10 Å². The van der Waals surface area contributed by atoms with Crippen LogP contribution in [-0.2, 0) is 22.7 Å². The van der Waals surface area contributed by atoms with Gasteiger partial charge in [0.2, 0.25) is 0 Å². The molecule has 1 aromatic rings. The lowest BCUT2D eigenvalue weighted by Gasteiger charge is -2.40. The molecule has 1 aliphatic carbocycles. The minimum Gasteiger partial charge on any atom is -0.354 e. The van der Waals surface area contributed by atoms with Gasteiger partial charge in [-0.25, -0.2) is 13.2 Å². The van der Waals surface area contributed by atoms with E-state index in [1.54, 1.807) is 0 Å². The third-order valence-electron chi connectivity index (χ3n) is 5.46. The summed E-state index contributed by atoms with van der Waals surface area (Å²) in [5.74, 6) is 1.53. The number of fused-ring (bicyclic) bond motifs is 1. The molecule has 1 unspecified atom stereocenters. The molecule has 4 rings (SSSR count). The molecule has 3 heterocycles. The lowest BCUT2D eigenvalue weighted by molar-refractivity contribution is 0.234. The van der Waals surface area contributed by atoms with E-state index in [9.17, 15) is 13.2 Å². The van der Waals surface area contributed by atoms with Crippen molar-refractivity contribution in [3.05, 3.63) is 17.3 Å². The quantitative estimate of drug-likeness (QED) is 0.779. The summed E-state index contributed by atoms with van der Waals surface area (Å²) < 4.78 is 22.8. The summed E-state index contributed by atoms with van der Waals surface area (Å²) in [5, 5.41) is 14.3. The van der Waals surface area contributed by atoms with E-state index in [0.29, 0.717) is 18.9 Å². The maximum Gasteiger partial charge on any atom is 0.315 e. The molecule has 142 valence electrons. The zero-order valence-corrected chi connectivity index (χ0v) is 15.6. The number of anilines is 1. The van der Waals surface area contributed by atoms with Gasteiger partial charge in [0, 0.05) is 31.6 Å². The average molecular weight is 379 g/mol. The van der Waals surface area contributed by atoms with Crippen LogP contribution in [0, 0.1) is 5.92 Å². The second-order valence-electron chi connectivity index (χ2n) is 7.61. The number of sulfone groups is 1. The zero-order valence-electron chi connectivity index (χ0n) is 14.8. The van der Waals surface area contributed by atoms with E-state index in [-0.39, 0.29) is 23.6 Å². The lowest BCUT2D eigenvalue weighted by Crippen LogP contribution is -2.53. The molecule has 0 spiro atoms. The predicted molar refractivity (Wildman–Crippen MR) is 98.0 cm³/mol. The average Bonchev–Trinajstić information content (AvgIpc) is 2.91. The maximum absolute atomic E-state index is 11.9. The van der Waals surface area contributed by atoms with Crippen molar-refractivity contribution in [1.82, 2.24) is 20.8 Å². The molecule has 2 saturated heterocycles. The number of aryl methyl sites for hydroxylation is 2. The molecular formula is C17H25N5O3S. The molecule has 2 N–H and O–H groups in total. The molecule has 3 aliphatic rings. The lowest BCUT2D eigenvalue weighted by atomic mass is 9.95. The van der Waals surface area contributed by atoms with E-state index in [1.807, 2.05) is 0 Å². The van der Waals surface area contributed by atoms with Crippen molar-refractivity contribution in [2.45, 2.75) is 38.1 Å². The molecule has 8 nitrogen and oxygen atoms in total. The van der Waals surface area contributed by atoms with Gasteiger partial charge in [-0.15, -0.1) is 5.10 Å². The Morgan fingerprint density at radius 1 is 1.23 bits per heavy atom. The van der Waals surface area contributed by atoms with Crippen molar-refractivity contribution >= 4 is 21.7 Å². The Bertz CT molecular complexity index is 792. The topological polar surface area (TPSA) is 104 Å². The molecule has 26 heavy (non-hydrogen) atoms. The summed E-state index contributed by atoms with van der Waals surface area (Å²) in [6.07, 6.45) is 5.06. The van der Waals surface area contributed by atoms with Crippen molar-refractivity contribution < 1.29 is 13.2 Å². The Labute approximate surface area is 153 Å². The third kappa shape index (κ3) is 3.92. The Balaban J connectivity index is 1.20. The molecule has 1 atom stereocenters. The Kier molecular flexibility index (Phi) is 4.73. The molecule has 2 aliphatic heterocycles. The van der Waals surface area contributed by atoms with Gasteiger partial charge in [0.25, 0.3) is 0 Å². The van der Waals surface area contributed by atoms with Crippen molar-refractivity contribution in [3.8, 4) is 0 Å². The molecule has 2 fully saturated rings. The second-order valence-corrected chi connectivity index (χ2v) is 9.84. The van der Waals surface area contributed by atoms with E-state index >= 15 is 0 Å². The van der Waals surface area contributed by atoms with Crippen molar-refractivity contribution in [2.24, 2.45) is 5.92 Å². The van der Waals surface area contributed by atoms with E-state index in [0.717, 1.165) is 37.4 Å². The van der Waals surface area contributed by atoms with Crippen molar-refractivity contribution in [2.75, 3.05) is 36.0 Å². The normalized spacial score (nSPS) is 24.6. The van der Waals surface area contributed by atoms with Crippen LogP contribution in [-0.4, -0.2) is 61.8 Å². The number of hydrogen-bond donors (Lipinski definition) is 2. The summed E-state index contributed by atoms with van der Waals surface area (Å²) in [5.41, 5.74) is 2.47. The van der Waals surface area contributed by atoms with Crippen LogP contribution in [0.5, 0.6) is 0 Å². The third-order valence-corrected chi connectivity index (χ3v) is 7.22. The van der Waals surface area contributed by atoms with Gasteiger partial charge in [0.15, 0.2) is 15.7 Å². The molecule has 1 aromatic heterocycles. The fraction of sp³-hybridized carbons (Fsp3) is 0.706. The van der Waals surface area contributed by atoms with E-state index < -0.39 is 9.84 Å². The molecule has 0 aromatic carbocycles. The monoisotopic (exact) mass is 379 g/mol. The Hall–Kier alpha value is -1.90. The number of carbonyl (C=O) groups is 1. The summed E-state index contributed by atoms with van der Waals surface area (Å²) >= 11 is 0. The van der Waals surface area contributed by atoms with Gasteiger partial charge in [0.05, 0.1) is 17.2 Å².